The number of hydrogen-bond donors (Lipinski definition) is 0. The molecule has 0 atom stereocenters. The topological polar surface area (TPSA) is 8.81 Å². The van der Waals surface area contributed by atoms with Crippen molar-refractivity contribution < 1.29 is 4.57 Å². The van der Waals surface area contributed by atoms with Crippen LogP contribution in [0.2, 0.25) is 0 Å². The molecule has 1 rings (SSSR count). The molecule has 1 heterocycles. The summed E-state index contributed by atoms with van der Waals surface area (Å²) in [6.07, 6.45) is 11.7. The molecule has 0 spiro atoms. The molecule has 0 saturated carbocycles. The molecule has 2 nitrogen and oxygen atoms in total. The van der Waals surface area contributed by atoms with Crippen LogP contribution in [-0.4, -0.2) is 10.8 Å². The molecule has 15 heavy (non-hydrogen) atoms. The lowest BCUT2D eigenvalue weighted by molar-refractivity contribution is -0.683. The lowest BCUT2D eigenvalue weighted by atomic mass is 10.2. The highest BCUT2D eigenvalue weighted by molar-refractivity contribution is 7.97. The number of aromatic nitrogens is 2. The first-order valence-electron chi connectivity index (χ1n) is 5.89. The van der Waals surface area contributed by atoms with Crippen molar-refractivity contribution in [3.05, 3.63) is 18.2 Å². The van der Waals surface area contributed by atoms with Crippen molar-refractivity contribution in [2.24, 2.45) is 0 Å². The molecule has 0 saturated heterocycles. The minimum absolute atomic E-state index is 1.07. The summed E-state index contributed by atoms with van der Waals surface area (Å²) in [7, 11) is 0. The average molecular weight is 227 g/mol. The van der Waals surface area contributed by atoms with Gasteiger partial charge in [0.1, 0.15) is 18.3 Å². The number of imidazole rings is 1. The molecule has 0 unspecified atom stereocenters. The number of rotatable bonds is 7. The number of hydrogen-bond acceptors (Lipinski definition) is 1. The first-order chi connectivity index (χ1) is 7.33. The van der Waals surface area contributed by atoms with Gasteiger partial charge in [-0.3, -0.25) is 0 Å². The van der Waals surface area contributed by atoms with Gasteiger partial charge in [0, 0.05) is 6.42 Å². The molecule has 0 aliphatic rings. The lowest BCUT2D eigenvalue weighted by Crippen LogP contribution is -2.35. The first-order valence-corrected chi connectivity index (χ1v) is 7.29. The van der Waals surface area contributed by atoms with Crippen LogP contribution in [0, 0.1) is 0 Å². The second-order valence-corrected chi connectivity index (χ2v) is 4.69. The van der Waals surface area contributed by atoms with E-state index in [1.165, 1.54) is 31.6 Å². The van der Waals surface area contributed by atoms with Crippen LogP contribution in [0.5, 0.6) is 0 Å². The Morgan fingerprint density at radius 2 is 2.13 bits per heavy atom. The number of aryl methyl sites for hydroxylation is 1. The third kappa shape index (κ3) is 3.56. The van der Waals surface area contributed by atoms with Crippen molar-refractivity contribution in [3.63, 3.8) is 0 Å². The van der Waals surface area contributed by atoms with Gasteiger partial charge in [-0.25, -0.2) is 9.13 Å². The highest BCUT2D eigenvalue weighted by atomic mass is 32.2. The summed E-state index contributed by atoms with van der Waals surface area (Å²) in [5.41, 5.74) is 0. The standard InChI is InChI=1S/C12H23N2S/c1-4-6-7-8-13-9-10-14(11-15-3)12(13)5-2/h9-10H,4-8,11H2,1-3H3/q+1. The van der Waals surface area contributed by atoms with Gasteiger partial charge < -0.3 is 0 Å². The Bertz CT molecular complexity index is 281. The summed E-state index contributed by atoms with van der Waals surface area (Å²) in [4.78, 5) is 0. The highest BCUT2D eigenvalue weighted by Crippen LogP contribution is 2.04. The molecule has 1 aromatic rings. The summed E-state index contributed by atoms with van der Waals surface area (Å²) in [5.74, 6) is 2.53. The van der Waals surface area contributed by atoms with Gasteiger partial charge in [-0.1, -0.05) is 20.3 Å². The van der Waals surface area contributed by atoms with Gasteiger partial charge in [-0.15, -0.1) is 11.8 Å². The summed E-state index contributed by atoms with van der Waals surface area (Å²) in [5, 5.41) is 0. The van der Waals surface area contributed by atoms with Crippen molar-refractivity contribution in [1.29, 1.82) is 0 Å². The van der Waals surface area contributed by atoms with Crippen molar-refractivity contribution in [2.75, 3.05) is 6.26 Å². The fourth-order valence-electron chi connectivity index (χ4n) is 1.90. The smallest absolute Gasteiger partial charge is 0.234 e. The fourth-order valence-corrected chi connectivity index (χ4v) is 2.41. The summed E-state index contributed by atoms with van der Waals surface area (Å²) in [6, 6.07) is 0. The van der Waals surface area contributed by atoms with Crippen LogP contribution in [0.25, 0.3) is 0 Å². The van der Waals surface area contributed by atoms with Gasteiger partial charge in [0.25, 0.3) is 5.82 Å². The molecule has 3 heteroatoms. The Balaban J connectivity index is 2.62. The van der Waals surface area contributed by atoms with Gasteiger partial charge in [-0.2, -0.15) is 0 Å². The average Bonchev–Trinajstić information content (AvgIpc) is 2.62. The predicted molar refractivity (Wildman–Crippen MR) is 67.0 cm³/mol. The van der Waals surface area contributed by atoms with E-state index in [9.17, 15) is 0 Å². The van der Waals surface area contributed by atoms with E-state index >= 15 is 0 Å². The molecule has 0 aromatic carbocycles. The molecule has 0 N–H and O–H groups in total. The van der Waals surface area contributed by atoms with E-state index in [-0.39, 0.29) is 0 Å². The second kappa shape index (κ2) is 6.94. The van der Waals surface area contributed by atoms with Crippen LogP contribution >= 0.6 is 11.8 Å². The number of thioether (sulfide) groups is 1. The monoisotopic (exact) mass is 227 g/mol. The highest BCUT2D eigenvalue weighted by Gasteiger charge is 2.13. The Kier molecular flexibility index (Phi) is 5.84. The van der Waals surface area contributed by atoms with Crippen LogP contribution in [0.15, 0.2) is 12.4 Å². The molecular formula is C12H23N2S+. The Morgan fingerprint density at radius 3 is 2.73 bits per heavy atom. The minimum atomic E-state index is 1.07. The Hall–Kier alpha value is -0.440. The van der Waals surface area contributed by atoms with Gasteiger partial charge in [-0.05, 0) is 19.1 Å². The third-order valence-electron chi connectivity index (χ3n) is 2.68. The van der Waals surface area contributed by atoms with Gasteiger partial charge >= 0.3 is 0 Å². The minimum Gasteiger partial charge on any atom is -0.234 e. The molecule has 1 aromatic heterocycles. The quantitative estimate of drug-likeness (QED) is 0.514. The summed E-state index contributed by atoms with van der Waals surface area (Å²) >= 11 is 1.88. The second-order valence-electron chi connectivity index (χ2n) is 3.86. The van der Waals surface area contributed by atoms with Crippen molar-refractivity contribution >= 4 is 11.8 Å². The maximum Gasteiger partial charge on any atom is 0.256 e. The third-order valence-corrected chi connectivity index (χ3v) is 3.21. The van der Waals surface area contributed by atoms with E-state index in [2.05, 4.69) is 41.6 Å². The predicted octanol–water partition coefficient (Wildman–Crippen LogP) is 2.85. The molecule has 86 valence electrons. The van der Waals surface area contributed by atoms with Crippen molar-refractivity contribution in [1.82, 2.24) is 4.57 Å². The van der Waals surface area contributed by atoms with Crippen LogP contribution < -0.4 is 4.57 Å². The normalized spacial score (nSPS) is 10.9. The Labute approximate surface area is 97.7 Å². The zero-order valence-electron chi connectivity index (χ0n) is 10.2. The molecule has 0 aliphatic heterocycles. The van der Waals surface area contributed by atoms with Gasteiger partial charge in [0.2, 0.25) is 0 Å². The summed E-state index contributed by atoms with van der Waals surface area (Å²) < 4.78 is 4.77. The maximum atomic E-state index is 2.41. The molecule has 0 bridgehead atoms. The van der Waals surface area contributed by atoms with E-state index in [1.54, 1.807) is 0 Å². The molecular weight excluding hydrogens is 204 g/mol. The molecule has 0 amide bonds. The van der Waals surface area contributed by atoms with Crippen molar-refractivity contribution in [2.45, 2.75) is 52.0 Å². The Morgan fingerprint density at radius 1 is 1.33 bits per heavy atom. The number of unbranched alkanes of at least 4 members (excludes halogenated alkanes) is 2. The van der Waals surface area contributed by atoms with E-state index in [4.69, 9.17) is 0 Å². The van der Waals surface area contributed by atoms with Crippen LogP contribution in [-0.2, 0) is 18.8 Å². The van der Waals surface area contributed by atoms with Gasteiger partial charge in [0.15, 0.2) is 0 Å². The molecule has 0 radical (unpaired) electrons. The fraction of sp³-hybridized carbons (Fsp3) is 0.750. The zero-order chi connectivity index (χ0) is 11.1. The first kappa shape index (κ1) is 12.6. The van der Waals surface area contributed by atoms with Crippen LogP contribution in [0.4, 0.5) is 0 Å². The molecule has 0 aliphatic carbocycles. The number of nitrogens with zero attached hydrogens (tertiary/aromatic N) is 2. The van der Waals surface area contributed by atoms with E-state index in [1.807, 2.05) is 11.8 Å². The summed E-state index contributed by atoms with van der Waals surface area (Å²) in [6.45, 7) is 5.67. The van der Waals surface area contributed by atoms with Crippen molar-refractivity contribution in [3.8, 4) is 0 Å². The SMILES string of the molecule is CCCCCn1cc[n+](CSC)c1CC. The van der Waals surface area contributed by atoms with E-state index in [0.29, 0.717) is 0 Å². The van der Waals surface area contributed by atoms with Crippen LogP contribution in [0.1, 0.15) is 38.9 Å². The maximum absolute atomic E-state index is 2.41. The zero-order valence-corrected chi connectivity index (χ0v) is 11.0. The lowest BCUT2D eigenvalue weighted by Gasteiger charge is -2.01. The van der Waals surface area contributed by atoms with Crippen LogP contribution in [0.3, 0.4) is 0 Å². The van der Waals surface area contributed by atoms with Gasteiger partial charge in [0.05, 0.1) is 6.54 Å². The van der Waals surface area contributed by atoms with E-state index < -0.39 is 0 Å². The molecule has 0 fully saturated rings. The van der Waals surface area contributed by atoms with E-state index in [0.717, 1.165) is 12.3 Å². The largest absolute Gasteiger partial charge is 0.256 e.